The monoisotopic (exact) mass is 537 g/mol. The van der Waals surface area contributed by atoms with Crippen LogP contribution in [-0.2, 0) is 12.1 Å². The Kier molecular flexibility index (Phi) is 7.16. The van der Waals surface area contributed by atoms with Gasteiger partial charge in [-0.25, -0.2) is 20.3 Å². The number of halogens is 3. The molecule has 0 aromatic carbocycles. The molecule has 4 heterocycles. The Morgan fingerprint density at radius 3 is 2.53 bits per heavy atom. The maximum atomic E-state index is 13.9. The van der Waals surface area contributed by atoms with Crippen LogP contribution in [0.2, 0.25) is 5.02 Å². The van der Waals surface area contributed by atoms with Gasteiger partial charge in [0.2, 0.25) is 0 Å². The minimum Gasteiger partial charge on any atom is -0.485 e. The zero-order valence-electron chi connectivity index (χ0n) is 20.9. The first kappa shape index (κ1) is 26.7. The summed E-state index contributed by atoms with van der Waals surface area (Å²) >= 11 is 6.34. The summed E-state index contributed by atoms with van der Waals surface area (Å²) in [4.78, 5) is 38.1. The number of nitrogens with zero attached hydrogens (tertiary/aromatic N) is 5. The lowest BCUT2D eigenvalue weighted by Gasteiger charge is -2.17. The quantitative estimate of drug-likeness (QED) is 0.321. The van der Waals surface area contributed by atoms with Crippen molar-refractivity contribution in [1.29, 1.82) is 0 Å². The van der Waals surface area contributed by atoms with E-state index >= 15 is 0 Å². The van der Waals surface area contributed by atoms with Crippen molar-refractivity contribution >= 4 is 11.6 Å². The number of aromatic nitrogens is 4. The van der Waals surface area contributed by atoms with E-state index < -0.39 is 28.3 Å². The first-order valence-electron chi connectivity index (χ1n) is 11.4. The topological polar surface area (TPSA) is 83.4 Å². The number of hydrogen-bond acceptors (Lipinski definition) is 5. The lowest BCUT2D eigenvalue weighted by molar-refractivity contribution is 0.292. The molecule has 0 saturated heterocycles. The lowest BCUT2D eigenvalue weighted by Crippen LogP contribution is -2.29. The first-order chi connectivity index (χ1) is 17.9. The zero-order chi connectivity index (χ0) is 27.8. The highest BCUT2D eigenvalue weighted by Crippen LogP contribution is 2.26. The molecule has 194 valence electrons. The summed E-state index contributed by atoms with van der Waals surface area (Å²) < 4.78 is 35.3. The maximum absolute atomic E-state index is 13.9. The van der Waals surface area contributed by atoms with Crippen molar-refractivity contribution in [2.45, 2.75) is 39.8 Å². The highest BCUT2D eigenvalue weighted by atomic mass is 35.5. The molecular weight excluding hydrogens is 516 g/mol. The minimum atomic E-state index is -1.03. The third-order valence-corrected chi connectivity index (χ3v) is 6.33. The van der Waals surface area contributed by atoms with E-state index in [0.29, 0.717) is 28.6 Å². The van der Waals surface area contributed by atoms with Crippen molar-refractivity contribution in [1.82, 2.24) is 19.1 Å². The fourth-order valence-corrected chi connectivity index (χ4v) is 4.05. The number of rotatable bonds is 6. The Morgan fingerprint density at radius 2 is 1.84 bits per heavy atom. The molecular formula is C27H22ClF2N5O3. The molecule has 38 heavy (non-hydrogen) atoms. The molecule has 0 saturated carbocycles. The van der Waals surface area contributed by atoms with E-state index in [2.05, 4.69) is 14.8 Å². The number of pyridine rings is 4. The van der Waals surface area contributed by atoms with Crippen LogP contribution in [0.1, 0.15) is 36.4 Å². The van der Waals surface area contributed by atoms with Gasteiger partial charge in [0.25, 0.3) is 16.7 Å². The largest absolute Gasteiger partial charge is 0.485 e. The fourth-order valence-electron chi connectivity index (χ4n) is 3.86. The van der Waals surface area contributed by atoms with Gasteiger partial charge in [0.15, 0.2) is 5.82 Å². The fraction of sp³-hybridized carbons (Fsp3) is 0.222. The van der Waals surface area contributed by atoms with Gasteiger partial charge in [-0.3, -0.25) is 23.7 Å². The van der Waals surface area contributed by atoms with Crippen LogP contribution in [0.15, 0.2) is 58.5 Å². The molecule has 0 bridgehead atoms. The summed E-state index contributed by atoms with van der Waals surface area (Å²) in [5.74, 6) is -1.45. The van der Waals surface area contributed by atoms with Crippen molar-refractivity contribution in [3.8, 4) is 17.3 Å². The second kappa shape index (κ2) is 10.2. The van der Waals surface area contributed by atoms with Crippen molar-refractivity contribution in [3.63, 3.8) is 0 Å². The van der Waals surface area contributed by atoms with Crippen LogP contribution in [0, 0.1) is 32.1 Å². The van der Waals surface area contributed by atoms with Crippen LogP contribution >= 0.6 is 11.6 Å². The molecule has 0 aliphatic rings. The van der Waals surface area contributed by atoms with E-state index in [1.54, 1.807) is 45.9 Å². The molecule has 0 aliphatic carbocycles. The molecule has 11 heteroatoms. The van der Waals surface area contributed by atoms with Crippen LogP contribution in [-0.4, -0.2) is 19.1 Å². The highest BCUT2D eigenvalue weighted by Gasteiger charge is 2.30. The van der Waals surface area contributed by atoms with Crippen molar-refractivity contribution in [3.05, 3.63) is 120 Å². The number of aryl methyl sites for hydroxylation is 2. The highest BCUT2D eigenvalue weighted by molar-refractivity contribution is 6.31. The Bertz CT molecular complexity index is 1720. The third kappa shape index (κ3) is 4.93. The average Bonchev–Trinajstić information content (AvgIpc) is 2.87. The molecule has 8 nitrogen and oxygen atoms in total. The Balaban J connectivity index is 1.76. The van der Waals surface area contributed by atoms with Gasteiger partial charge >= 0.3 is 0 Å². The van der Waals surface area contributed by atoms with Gasteiger partial charge in [0, 0.05) is 50.1 Å². The van der Waals surface area contributed by atoms with E-state index in [0.717, 1.165) is 6.20 Å². The molecule has 0 spiro atoms. The summed E-state index contributed by atoms with van der Waals surface area (Å²) in [6.07, 6.45) is 3.92. The predicted molar refractivity (Wildman–Crippen MR) is 138 cm³/mol. The molecule has 0 amide bonds. The van der Waals surface area contributed by atoms with Gasteiger partial charge in [0.1, 0.15) is 40.3 Å². The smallest absolute Gasteiger partial charge is 0.277 e. The summed E-state index contributed by atoms with van der Waals surface area (Å²) in [7, 11) is 0. The van der Waals surface area contributed by atoms with E-state index in [-0.39, 0.29) is 28.9 Å². The van der Waals surface area contributed by atoms with Gasteiger partial charge < -0.3 is 9.58 Å². The molecule has 0 radical (unpaired) electrons. The molecule has 4 aromatic rings. The second-order valence-electron chi connectivity index (χ2n) is 9.07. The predicted octanol–water partition coefficient (Wildman–Crippen LogP) is 5.06. The van der Waals surface area contributed by atoms with Crippen molar-refractivity contribution in [2.24, 2.45) is 0 Å². The zero-order valence-corrected chi connectivity index (χ0v) is 21.7. The van der Waals surface area contributed by atoms with Gasteiger partial charge in [0.05, 0.1) is 11.9 Å². The van der Waals surface area contributed by atoms with Crippen molar-refractivity contribution < 1.29 is 13.5 Å². The summed E-state index contributed by atoms with van der Waals surface area (Å²) in [6, 6.07) is 7.03. The van der Waals surface area contributed by atoms with Gasteiger partial charge in [-0.2, -0.15) is 0 Å². The van der Waals surface area contributed by atoms with Crippen LogP contribution in [0.25, 0.3) is 16.4 Å². The Labute approximate surface area is 221 Å². The lowest BCUT2D eigenvalue weighted by atomic mass is 9.97. The van der Waals surface area contributed by atoms with Crippen LogP contribution in [0.5, 0.6) is 5.75 Å². The van der Waals surface area contributed by atoms with Gasteiger partial charge in [-0.05, 0) is 31.5 Å². The van der Waals surface area contributed by atoms with Crippen LogP contribution < -0.4 is 15.9 Å². The van der Waals surface area contributed by atoms with E-state index in [4.69, 9.17) is 22.9 Å². The summed E-state index contributed by atoms with van der Waals surface area (Å²) in [5, 5.41) is -0.256. The normalized spacial score (nSPS) is 11.3. The standard InChI is InChI=1S/C27H22ClF2N5O3/c1-15-12-33-23(34-8-6-7-18(25(34)36)27(3,4)31-5)11-21(15)35-16(2)9-22(24(28)26(35)37)38-14-20-19(30)10-17(29)13-32-20/h6-13H,14H2,1-4H3. The van der Waals surface area contributed by atoms with Gasteiger partial charge in [-0.1, -0.05) is 11.6 Å². The molecule has 0 fully saturated rings. The van der Waals surface area contributed by atoms with Crippen LogP contribution in [0.4, 0.5) is 8.78 Å². The van der Waals surface area contributed by atoms with Gasteiger partial charge in [-0.15, -0.1) is 0 Å². The minimum absolute atomic E-state index is 0.00757. The molecule has 0 aliphatic heterocycles. The maximum Gasteiger partial charge on any atom is 0.277 e. The third-order valence-electron chi connectivity index (χ3n) is 5.98. The van der Waals surface area contributed by atoms with E-state index in [1.807, 2.05) is 0 Å². The number of hydrogen-bond donors (Lipinski definition) is 0. The van der Waals surface area contributed by atoms with Crippen molar-refractivity contribution in [2.75, 3.05) is 0 Å². The Morgan fingerprint density at radius 1 is 1.11 bits per heavy atom. The first-order valence-corrected chi connectivity index (χ1v) is 11.8. The number of ether oxygens (including phenoxy) is 1. The summed E-state index contributed by atoms with van der Waals surface area (Å²) in [5.41, 5.74) is -0.371. The second-order valence-corrected chi connectivity index (χ2v) is 9.45. The molecule has 4 aromatic heterocycles. The van der Waals surface area contributed by atoms with E-state index in [9.17, 15) is 18.4 Å². The SMILES string of the molecule is [C-]#[N+]C(C)(C)c1cccn(-c2cc(-n3c(C)cc(OCc4ncc(F)cc4F)c(Cl)c3=O)c(C)cn2)c1=O. The average molecular weight is 538 g/mol. The summed E-state index contributed by atoms with van der Waals surface area (Å²) in [6.45, 7) is 13.8. The molecule has 0 unspecified atom stereocenters. The molecule has 0 N–H and O–H groups in total. The van der Waals surface area contributed by atoms with E-state index in [1.165, 1.54) is 27.6 Å². The van der Waals surface area contributed by atoms with Crippen LogP contribution in [0.3, 0.4) is 0 Å². The molecule has 0 atom stereocenters. The Hall–Kier alpha value is -4.36. The molecule has 4 rings (SSSR count).